The van der Waals surface area contributed by atoms with E-state index in [-0.39, 0.29) is 11.7 Å². The summed E-state index contributed by atoms with van der Waals surface area (Å²) in [6.45, 7) is 1.92. The van der Waals surface area contributed by atoms with Gasteiger partial charge >= 0.3 is 0 Å². The quantitative estimate of drug-likeness (QED) is 0.771. The number of hydrogen-bond acceptors (Lipinski definition) is 2. The Balaban J connectivity index is 1.90. The zero-order chi connectivity index (χ0) is 15.7. The summed E-state index contributed by atoms with van der Waals surface area (Å²) in [6.07, 6.45) is 1.85. The maximum Gasteiger partial charge on any atom is 0.255 e. The molecule has 1 heterocycles. The van der Waals surface area contributed by atoms with Crippen LogP contribution in [0.3, 0.4) is 0 Å². The molecule has 112 valence electrons. The maximum absolute atomic E-state index is 13.4. The molecule has 0 aliphatic heterocycles. The third-order valence-electron chi connectivity index (χ3n) is 3.56. The maximum atomic E-state index is 13.4. The Labute approximate surface area is 126 Å². The van der Waals surface area contributed by atoms with Crippen LogP contribution >= 0.6 is 0 Å². The van der Waals surface area contributed by atoms with Gasteiger partial charge in [-0.15, -0.1) is 0 Å². The number of halogens is 1. The minimum atomic E-state index is -0.497. The number of nitrogens with one attached hydrogen (secondary N) is 2. The van der Waals surface area contributed by atoms with Crippen LogP contribution in [0.15, 0.2) is 42.6 Å². The van der Waals surface area contributed by atoms with E-state index in [4.69, 9.17) is 4.74 Å². The number of methoxy groups -OCH3 is 1. The van der Waals surface area contributed by atoms with Gasteiger partial charge in [0.15, 0.2) is 11.6 Å². The lowest BCUT2D eigenvalue weighted by Crippen LogP contribution is -2.13. The van der Waals surface area contributed by atoms with E-state index in [1.54, 1.807) is 0 Å². The van der Waals surface area contributed by atoms with Crippen molar-refractivity contribution in [1.82, 2.24) is 4.98 Å². The number of carbonyl (C=O) groups is 1. The van der Waals surface area contributed by atoms with E-state index >= 15 is 0 Å². The van der Waals surface area contributed by atoms with Crippen molar-refractivity contribution < 1.29 is 13.9 Å². The fraction of sp³-hybridized carbons (Fsp3) is 0.118. The van der Waals surface area contributed by atoms with Gasteiger partial charge in [-0.2, -0.15) is 0 Å². The summed E-state index contributed by atoms with van der Waals surface area (Å²) in [6, 6.07) is 9.87. The number of aryl methyl sites for hydroxylation is 1. The van der Waals surface area contributed by atoms with Crippen LogP contribution in [0, 0.1) is 12.7 Å². The lowest BCUT2D eigenvalue weighted by atomic mass is 10.1. The van der Waals surface area contributed by atoms with E-state index in [0.717, 1.165) is 16.5 Å². The molecule has 0 fully saturated rings. The van der Waals surface area contributed by atoms with Crippen molar-refractivity contribution in [1.29, 1.82) is 0 Å². The molecule has 0 spiro atoms. The van der Waals surface area contributed by atoms with Crippen molar-refractivity contribution in [3.8, 4) is 5.75 Å². The average molecular weight is 298 g/mol. The van der Waals surface area contributed by atoms with Crippen molar-refractivity contribution >= 4 is 22.5 Å². The molecule has 0 bridgehead atoms. The highest BCUT2D eigenvalue weighted by atomic mass is 19.1. The van der Waals surface area contributed by atoms with Gasteiger partial charge in [0, 0.05) is 23.0 Å². The minimum absolute atomic E-state index is 0.0455. The predicted molar refractivity (Wildman–Crippen MR) is 83.9 cm³/mol. The topological polar surface area (TPSA) is 54.1 Å². The summed E-state index contributed by atoms with van der Waals surface area (Å²) in [5.41, 5.74) is 2.94. The highest BCUT2D eigenvalue weighted by Gasteiger charge is 2.12. The lowest BCUT2D eigenvalue weighted by molar-refractivity contribution is 0.102. The van der Waals surface area contributed by atoms with Gasteiger partial charge in [-0.25, -0.2) is 4.39 Å². The van der Waals surface area contributed by atoms with Gasteiger partial charge in [-0.1, -0.05) is 0 Å². The van der Waals surface area contributed by atoms with Crippen molar-refractivity contribution in [3.05, 3.63) is 59.5 Å². The average Bonchev–Trinajstić information content (AvgIpc) is 2.95. The molecule has 0 atom stereocenters. The Hall–Kier alpha value is -2.82. The number of aromatic amines is 1. The SMILES string of the molecule is COc1cc(C(=O)Nc2cc3[nH]ccc3cc2C)ccc1F. The molecule has 0 saturated carbocycles. The van der Waals surface area contributed by atoms with E-state index in [9.17, 15) is 9.18 Å². The van der Waals surface area contributed by atoms with Crippen LogP contribution in [0.25, 0.3) is 10.9 Å². The molecule has 3 aromatic rings. The van der Waals surface area contributed by atoms with Gasteiger partial charge in [0.1, 0.15) is 0 Å². The molecular formula is C17H15FN2O2. The molecule has 0 aliphatic carbocycles. The van der Waals surface area contributed by atoms with Crippen LogP contribution in [0.4, 0.5) is 10.1 Å². The molecule has 0 aliphatic rings. The second-order valence-corrected chi connectivity index (χ2v) is 5.04. The number of benzene rings is 2. The summed E-state index contributed by atoms with van der Waals surface area (Å²) in [4.78, 5) is 15.4. The summed E-state index contributed by atoms with van der Waals surface area (Å²) in [7, 11) is 1.36. The zero-order valence-corrected chi connectivity index (χ0v) is 12.2. The first-order chi connectivity index (χ1) is 10.6. The molecule has 0 unspecified atom stereocenters. The van der Waals surface area contributed by atoms with Crippen molar-refractivity contribution in [2.24, 2.45) is 0 Å². The standard InChI is InChI=1S/C17H15FN2O2/c1-10-7-11-5-6-19-15(11)9-14(10)20-17(21)12-3-4-13(18)16(8-12)22-2/h3-9,19H,1-2H3,(H,20,21). The number of fused-ring (bicyclic) bond motifs is 1. The first-order valence-corrected chi connectivity index (χ1v) is 6.81. The number of aromatic nitrogens is 1. The Bertz CT molecular complexity index is 855. The highest BCUT2D eigenvalue weighted by molar-refractivity contribution is 6.05. The zero-order valence-electron chi connectivity index (χ0n) is 12.2. The smallest absolute Gasteiger partial charge is 0.255 e. The number of rotatable bonds is 3. The Kier molecular flexibility index (Phi) is 3.55. The number of carbonyl (C=O) groups excluding carboxylic acids is 1. The number of hydrogen-bond donors (Lipinski definition) is 2. The summed E-state index contributed by atoms with van der Waals surface area (Å²) >= 11 is 0. The first-order valence-electron chi connectivity index (χ1n) is 6.81. The highest BCUT2D eigenvalue weighted by Crippen LogP contribution is 2.24. The van der Waals surface area contributed by atoms with Crippen LogP contribution in [-0.2, 0) is 0 Å². The summed E-state index contributed by atoms with van der Waals surface area (Å²) in [5.74, 6) is -0.764. The Morgan fingerprint density at radius 2 is 2.05 bits per heavy atom. The molecule has 1 aromatic heterocycles. The molecule has 2 N–H and O–H groups in total. The number of H-pyrrole nitrogens is 1. The van der Waals surface area contributed by atoms with Crippen molar-refractivity contribution in [2.75, 3.05) is 12.4 Å². The number of anilines is 1. The Morgan fingerprint density at radius 1 is 1.23 bits per heavy atom. The van der Waals surface area contributed by atoms with Gasteiger partial charge < -0.3 is 15.0 Å². The number of ether oxygens (including phenoxy) is 1. The fourth-order valence-corrected chi connectivity index (χ4v) is 2.34. The van der Waals surface area contributed by atoms with Crippen molar-refractivity contribution in [3.63, 3.8) is 0 Å². The van der Waals surface area contributed by atoms with Gasteiger partial charge in [0.2, 0.25) is 0 Å². The molecule has 22 heavy (non-hydrogen) atoms. The van der Waals surface area contributed by atoms with Gasteiger partial charge in [0.05, 0.1) is 7.11 Å². The second-order valence-electron chi connectivity index (χ2n) is 5.04. The summed E-state index contributed by atoms with van der Waals surface area (Å²) in [5, 5.41) is 3.92. The normalized spacial score (nSPS) is 10.7. The fourth-order valence-electron chi connectivity index (χ4n) is 2.34. The molecule has 2 aromatic carbocycles. The van der Waals surface area contributed by atoms with E-state index in [0.29, 0.717) is 11.3 Å². The van der Waals surface area contributed by atoms with E-state index in [2.05, 4.69) is 10.3 Å². The largest absolute Gasteiger partial charge is 0.494 e. The van der Waals surface area contributed by atoms with E-state index in [1.165, 1.54) is 25.3 Å². The van der Waals surface area contributed by atoms with Crippen LogP contribution in [0.2, 0.25) is 0 Å². The summed E-state index contributed by atoms with van der Waals surface area (Å²) < 4.78 is 18.3. The first kappa shape index (κ1) is 14.1. The molecule has 4 nitrogen and oxygen atoms in total. The molecule has 0 radical (unpaired) electrons. The molecule has 1 amide bonds. The second kappa shape index (κ2) is 5.52. The molecule has 3 rings (SSSR count). The van der Waals surface area contributed by atoms with Crippen molar-refractivity contribution in [2.45, 2.75) is 6.92 Å². The predicted octanol–water partition coefficient (Wildman–Crippen LogP) is 3.88. The van der Waals surface area contributed by atoms with Crippen LogP contribution < -0.4 is 10.1 Å². The van der Waals surface area contributed by atoms with Crippen LogP contribution in [0.5, 0.6) is 5.75 Å². The molecular weight excluding hydrogens is 283 g/mol. The van der Waals surface area contributed by atoms with Crippen LogP contribution in [0.1, 0.15) is 15.9 Å². The monoisotopic (exact) mass is 298 g/mol. The van der Waals surface area contributed by atoms with E-state index < -0.39 is 5.82 Å². The van der Waals surface area contributed by atoms with E-state index in [1.807, 2.05) is 31.3 Å². The Morgan fingerprint density at radius 3 is 2.82 bits per heavy atom. The molecule has 5 heteroatoms. The number of amides is 1. The van der Waals surface area contributed by atoms with Gasteiger partial charge in [-0.05, 0) is 54.3 Å². The van der Waals surface area contributed by atoms with Gasteiger partial charge in [0.25, 0.3) is 5.91 Å². The third-order valence-corrected chi connectivity index (χ3v) is 3.56. The van der Waals surface area contributed by atoms with Crippen LogP contribution in [-0.4, -0.2) is 18.0 Å². The van der Waals surface area contributed by atoms with Gasteiger partial charge in [-0.3, -0.25) is 4.79 Å². The third kappa shape index (κ3) is 2.53. The lowest BCUT2D eigenvalue weighted by Gasteiger charge is -2.10. The minimum Gasteiger partial charge on any atom is -0.494 e. The molecule has 0 saturated heterocycles.